The van der Waals surface area contributed by atoms with E-state index in [9.17, 15) is 9.59 Å². The molecular weight excluding hydrogens is 328 g/mol. The predicted molar refractivity (Wildman–Crippen MR) is 99.8 cm³/mol. The molecule has 2 aliphatic heterocycles. The molecule has 26 heavy (non-hydrogen) atoms. The van der Waals surface area contributed by atoms with E-state index >= 15 is 0 Å². The summed E-state index contributed by atoms with van der Waals surface area (Å²) in [5.41, 5.74) is 3.69. The molecule has 0 radical (unpaired) electrons. The quantitative estimate of drug-likeness (QED) is 0.801. The second-order valence-electron chi connectivity index (χ2n) is 6.48. The minimum atomic E-state index is -0.294. The molecule has 0 aromatic heterocycles. The molecule has 0 spiro atoms. The molecule has 0 atom stereocenters. The molecule has 2 aliphatic rings. The predicted octanol–water partition coefficient (Wildman–Crippen LogP) is 2.86. The second-order valence-corrected chi connectivity index (χ2v) is 6.48. The van der Waals surface area contributed by atoms with Crippen LogP contribution in [0.3, 0.4) is 0 Å². The fourth-order valence-electron chi connectivity index (χ4n) is 3.74. The van der Waals surface area contributed by atoms with Gasteiger partial charge in [-0.25, -0.2) is 0 Å². The van der Waals surface area contributed by atoms with E-state index in [1.807, 2.05) is 41.3 Å². The molecule has 5 heteroatoms. The van der Waals surface area contributed by atoms with Crippen molar-refractivity contribution in [3.05, 3.63) is 65.4 Å². The van der Waals surface area contributed by atoms with Crippen LogP contribution in [-0.2, 0) is 16.0 Å². The van der Waals surface area contributed by atoms with Crippen LogP contribution < -0.4 is 9.64 Å². The van der Waals surface area contributed by atoms with Crippen LogP contribution >= 0.6 is 0 Å². The Morgan fingerprint density at radius 3 is 2.50 bits per heavy atom. The number of nitrogens with zero attached hydrogens (tertiary/aromatic N) is 2. The highest BCUT2D eigenvalue weighted by molar-refractivity contribution is 6.37. The Bertz CT molecular complexity index is 932. The molecule has 0 saturated carbocycles. The largest absolute Gasteiger partial charge is 0.496 e. The molecule has 0 unspecified atom stereocenters. The summed E-state index contributed by atoms with van der Waals surface area (Å²) >= 11 is 0. The lowest BCUT2D eigenvalue weighted by Gasteiger charge is -2.32. The molecule has 2 amide bonds. The van der Waals surface area contributed by atoms with Crippen LogP contribution in [0.15, 0.2) is 54.2 Å². The number of fused-ring (bicyclic) bond motifs is 1. The smallest absolute Gasteiger partial charge is 0.277 e. The van der Waals surface area contributed by atoms with Crippen LogP contribution in [0.2, 0.25) is 0 Å². The number of ether oxygens (including phenoxy) is 1. The number of likely N-dealkylation sites (N-methyl/N-ethyl adjacent to an activating group) is 1. The Kier molecular flexibility index (Phi) is 3.99. The summed E-state index contributed by atoms with van der Waals surface area (Å²) in [6, 6.07) is 15.4. The number of rotatable bonds is 3. The average molecular weight is 348 g/mol. The SMILES string of the molecule is COc1ccccc1C1=C(N2CCCc3ccccc32)C(=O)N(C)C1=O. The Labute approximate surface area is 152 Å². The first-order chi connectivity index (χ1) is 12.6. The van der Waals surface area contributed by atoms with Gasteiger partial charge in [-0.2, -0.15) is 0 Å². The van der Waals surface area contributed by atoms with Gasteiger partial charge in [0, 0.05) is 24.8 Å². The van der Waals surface area contributed by atoms with Gasteiger partial charge in [-0.05, 0) is 30.5 Å². The Morgan fingerprint density at radius 2 is 1.69 bits per heavy atom. The third-order valence-electron chi connectivity index (χ3n) is 5.02. The van der Waals surface area contributed by atoms with Crippen molar-refractivity contribution in [1.82, 2.24) is 4.90 Å². The van der Waals surface area contributed by atoms with Crippen LogP contribution in [0.5, 0.6) is 5.75 Å². The van der Waals surface area contributed by atoms with Gasteiger partial charge in [-0.1, -0.05) is 36.4 Å². The Balaban J connectivity index is 1.95. The van der Waals surface area contributed by atoms with E-state index in [2.05, 4.69) is 6.07 Å². The second kappa shape index (κ2) is 6.33. The summed E-state index contributed by atoms with van der Waals surface area (Å²) in [7, 11) is 3.10. The molecule has 4 rings (SSSR count). The first-order valence-electron chi connectivity index (χ1n) is 8.69. The van der Waals surface area contributed by atoms with Crippen molar-refractivity contribution in [2.45, 2.75) is 12.8 Å². The van der Waals surface area contributed by atoms with E-state index in [0.717, 1.165) is 18.5 Å². The number of methoxy groups -OCH3 is 1. The average Bonchev–Trinajstić information content (AvgIpc) is 2.91. The van der Waals surface area contributed by atoms with Crippen LogP contribution in [0, 0.1) is 0 Å². The van der Waals surface area contributed by atoms with Crippen molar-refractivity contribution in [3.63, 3.8) is 0 Å². The number of anilines is 1. The molecule has 0 saturated heterocycles. The van der Waals surface area contributed by atoms with Gasteiger partial charge in [-0.15, -0.1) is 0 Å². The molecular formula is C21H20N2O3. The number of imide groups is 1. The number of aryl methyl sites for hydroxylation is 1. The number of carbonyl (C=O) groups is 2. The van der Waals surface area contributed by atoms with Gasteiger partial charge >= 0.3 is 0 Å². The zero-order chi connectivity index (χ0) is 18.3. The normalized spacial score (nSPS) is 17.0. The molecule has 0 fully saturated rings. The molecule has 2 aromatic rings. The van der Waals surface area contributed by atoms with Crippen molar-refractivity contribution in [2.75, 3.05) is 25.6 Å². The number of benzene rings is 2. The third kappa shape index (κ3) is 2.39. The number of carbonyl (C=O) groups excluding carboxylic acids is 2. The Hall–Kier alpha value is -3.08. The van der Waals surface area contributed by atoms with Crippen LogP contribution in [0.1, 0.15) is 17.5 Å². The van der Waals surface area contributed by atoms with Gasteiger partial charge in [-0.3, -0.25) is 14.5 Å². The van der Waals surface area contributed by atoms with E-state index in [-0.39, 0.29) is 11.8 Å². The van der Waals surface area contributed by atoms with Gasteiger partial charge in [0.1, 0.15) is 11.4 Å². The van der Waals surface area contributed by atoms with E-state index < -0.39 is 0 Å². The fourth-order valence-corrected chi connectivity index (χ4v) is 3.74. The minimum absolute atomic E-state index is 0.271. The highest BCUT2D eigenvalue weighted by atomic mass is 16.5. The molecule has 5 nitrogen and oxygen atoms in total. The van der Waals surface area contributed by atoms with E-state index in [1.165, 1.54) is 17.5 Å². The lowest BCUT2D eigenvalue weighted by atomic mass is 9.98. The van der Waals surface area contributed by atoms with Gasteiger partial charge in [0.2, 0.25) is 0 Å². The van der Waals surface area contributed by atoms with Crippen LogP contribution in [-0.4, -0.2) is 37.4 Å². The lowest BCUT2D eigenvalue weighted by molar-refractivity contribution is -0.135. The summed E-state index contributed by atoms with van der Waals surface area (Å²) in [5.74, 6) is 0.0203. The van der Waals surface area contributed by atoms with Crippen molar-refractivity contribution < 1.29 is 14.3 Å². The monoisotopic (exact) mass is 348 g/mol. The number of hydrogen-bond acceptors (Lipinski definition) is 4. The zero-order valence-corrected chi connectivity index (χ0v) is 14.9. The van der Waals surface area contributed by atoms with E-state index in [0.29, 0.717) is 29.1 Å². The molecule has 0 N–H and O–H groups in total. The molecule has 0 aliphatic carbocycles. The van der Waals surface area contributed by atoms with Crippen molar-refractivity contribution >= 4 is 23.1 Å². The lowest BCUT2D eigenvalue weighted by Crippen LogP contribution is -2.35. The third-order valence-corrected chi connectivity index (χ3v) is 5.02. The highest BCUT2D eigenvalue weighted by Crippen LogP contribution is 2.39. The summed E-state index contributed by atoms with van der Waals surface area (Å²) in [6.45, 7) is 0.706. The highest BCUT2D eigenvalue weighted by Gasteiger charge is 2.41. The molecule has 132 valence electrons. The zero-order valence-electron chi connectivity index (χ0n) is 14.9. The maximum Gasteiger partial charge on any atom is 0.277 e. The summed E-state index contributed by atoms with van der Waals surface area (Å²) in [4.78, 5) is 29.1. The van der Waals surface area contributed by atoms with Crippen molar-refractivity contribution in [1.29, 1.82) is 0 Å². The van der Waals surface area contributed by atoms with E-state index in [1.54, 1.807) is 13.2 Å². The van der Waals surface area contributed by atoms with Crippen LogP contribution in [0.4, 0.5) is 5.69 Å². The van der Waals surface area contributed by atoms with Gasteiger partial charge in [0.15, 0.2) is 0 Å². The summed E-state index contributed by atoms with van der Waals surface area (Å²) in [6.07, 6.45) is 1.91. The molecule has 2 aromatic carbocycles. The number of para-hydroxylation sites is 2. The standard InChI is InChI=1S/C21H20N2O3/c1-22-20(24)18(15-10-4-6-12-17(15)26-2)19(21(22)25)23-13-7-9-14-8-3-5-11-16(14)23/h3-6,8,10-12H,7,9,13H2,1-2H3. The summed E-state index contributed by atoms with van der Waals surface area (Å²) in [5, 5.41) is 0. The fraction of sp³-hybridized carbons (Fsp3) is 0.238. The molecule has 0 bridgehead atoms. The first kappa shape index (κ1) is 16.4. The topological polar surface area (TPSA) is 49.9 Å². The number of hydrogen-bond donors (Lipinski definition) is 0. The maximum atomic E-state index is 13.0. The maximum absolute atomic E-state index is 13.0. The van der Waals surface area contributed by atoms with Crippen molar-refractivity contribution in [2.24, 2.45) is 0 Å². The van der Waals surface area contributed by atoms with Gasteiger partial charge in [0.05, 0.1) is 12.7 Å². The number of amides is 2. The first-order valence-corrected chi connectivity index (χ1v) is 8.69. The Morgan fingerprint density at radius 1 is 0.962 bits per heavy atom. The van der Waals surface area contributed by atoms with Crippen LogP contribution in [0.25, 0.3) is 5.57 Å². The van der Waals surface area contributed by atoms with E-state index in [4.69, 9.17) is 4.74 Å². The summed E-state index contributed by atoms with van der Waals surface area (Å²) < 4.78 is 5.45. The van der Waals surface area contributed by atoms with Crippen molar-refractivity contribution in [3.8, 4) is 5.75 Å². The minimum Gasteiger partial charge on any atom is -0.496 e. The molecule has 2 heterocycles. The van der Waals surface area contributed by atoms with Gasteiger partial charge in [0.25, 0.3) is 11.8 Å². The van der Waals surface area contributed by atoms with Gasteiger partial charge < -0.3 is 9.64 Å².